The standard InChI is InChI=1S/C45H62N4O5/c1-41(2,3)25-35(51)47-38(42(4,5)6)40(54)49-28-44(24-33(49)34(50)23-32(37(52)39(46)53)22-29-16-15-17-29)43(7,8)45(44)26-48(27-45)36(30-18-11-9-12-19-30)31-20-13-10-14-21-31/h9-14,18-21,29,32-33,36,38H,15-17,22-28H2,1-8H3,(H2,46,53)(H,47,51)/t32?,33-,38+,44-/m0/s1. The van der Waals surface area contributed by atoms with Crippen LogP contribution in [0.3, 0.4) is 0 Å². The fraction of sp³-hybridized carbons (Fsp3) is 0.622. The van der Waals surface area contributed by atoms with Gasteiger partial charge in [0.15, 0.2) is 5.78 Å². The maximum atomic E-state index is 15.0. The highest BCUT2D eigenvalue weighted by Gasteiger charge is 2.87. The van der Waals surface area contributed by atoms with E-state index in [1.54, 1.807) is 4.90 Å². The Bertz CT molecular complexity index is 1710. The molecule has 2 aliphatic carbocycles. The summed E-state index contributed by atoms with van der Waals surface area (Å²) in [4.78, 5) is 72.6. The number of likely N-dealkylation sites (tertiary alicyclic amines) is 2. The monoisotopic (exact) mass is 738 g/mol. The molecule has 4 fully saturated rings. The number of hydrogen-bond donors (Lipinski definition) is 2. The second kappa shape index (κ2) is 14.3. The summed E-state index contributed by atoms with van der Waals surface area (Å²) in [5.74, 6) is -2.89. The molecular formula is C45H62N4O5. The number of fused-ring (bicyclic) bond motifs is 1. The van der Waals surface area contributed by atoms with Crippen molar-refractivity contribution in [3.05, 3.63) is 71.8 Å². The Hall–Kier alpha value is -3.85. The van der Waals surface area contributed by atoms with Gasteiger partial charge in [-0.15, -0.1) is 0 Å². The number of carbonyl (C=O) groups is 5. The summed E-state index contributed by atoms with van der Waals surface area (Å²) in [5.41, 5.74) is 6.37. The van der Waals surface area contributed by atoms with Crippen molar-refractivity contribution >= 4 is 29.3 Å². The molecule has 2 heterocycles. The van der Waals surface area contributed by atoms with Gasteiger partial charge in [-0.2, -0.15) is 0 Å². The number of nitrogens with zero attached hydrogens (tertiary/aromatic N) is 2. The van der Waals surface area contributed by atoms with Crippen LogP contribution >= 0.6 is 0 Å². The van der Waals surface area contributed by atoms with Crippen LogP contribution in [0, 0.1) is 38.9 Å². The van der Waals surface area contributed by atoms with Gasteiger partial charge in [0.2, 0.25) is 17.6 Å². The lowest BCUT2D eigenvalue weighted by Crippen LogP contribution is -2.57. The van der Waals surface area contributed by atoms with Gasteiger partial charge < -0.3 is 16.0 Å². The van der Waals surface area contributed by atoms with Gasteiger partial charge in [0.05, 0.1) is 12.1 Å². The van der Waals surface area contributed by atoms with Gasteiger partial charge in [-0.05, 0) is 46.1 Å². The van der Waals surface area contributed by atoms with E-state index in [-0.39, 0.29) is 64.1 Å². The van der Waals surface area contributed by atoms with E-state index in [0.29, 0.717) is 19.4 Å². The summed E-state index contributed by atoms with van der Waals surface area (Å²) in [5, 5.41) is 3.08. The van der Waals surface area contributed by atoms with Crippen molar-refractivity contribution in [1.29, 1.82) is 0 Å². The first-order valence-electron chi connectivity index (χ1n) is 20.0. The lowest BCUT2D eigenvalue weighted by atomic mass is 9.76. The highest BCUT2D eigenvalue weighted by molar-refractivity contribution is 6.36. The van der Waals surface area contributed by atoms with Gasteiger partial charge in [0, 0.05) is 49.2 Å². The van der Waals surface area contributed by atoms with Gasteiger partial charge in [-0.1, -0.05) is 135 Å². The van der Waals surface area contributed by atoms with Crippen LogP contribution in [0.1, 0.15) is 118 Å². The molecule has 6 rings (SSSR count). The molecule has 54 heavy (non-hydrogen) atoms. The topological polar surface area (TPSA) is 130 Å². The van der Waals surface area contributed by atoms with Crippen LogP contribution in [0.5, 0.6) is 0 Å². The van der Waals surface area contributed by atoms with Crippen molar-refractivity contribution < 1.29 is 24.0 Å². The quantitative estimate of drug-likeness (QED) is 0.226. The zero-order chi connectivity index (χ0) is 39.4. The lowest BCUT2D eigenvalue weighted by Gasteiger charge is -2.48. The molecule has 3 amide bonds. The van der Waals surface area contributed by atoms with Gasteiger partial charge in [0.25, 0.3) is 5.91 Å². The number of amides is 3. The predicted molar refractivity (Wildman–Crippen MR) is 210 cm³/mol. The number of benzene rings is 2. The lowest BCUT2D eigenvalue weighted by molar-refractivity contribution is -0.145. The molecule has 2 saturated heterocycles. The molecule has 9 nitrogen and oxygen atoms in total. The molecule has 4 aliphatic rings. The Balaban J connectivity index is 1.32. The number of nitrogens with one attached hydrogen (secondary N) is 1. The minimum Gasteiger partial charge on any atom is -0.363 e. The van der Waals surface area contributed by atoms with Crippen molar-refractivity contribution in [1.82, 2.24) is 15.1 Å². The third-order valence-electron chi connectivity index (χ3n) is 13.8. The largest absolute Gasteiger partial charge is 0.363 e. The minimum absolute atomic E-state index is 0.0680. The first-order chi connectivity index (χ1) is 25.2. The Labute approximate surface area is 322 Å². The summed E-state index contributed by atoms with van der Waals surface area (Å²) in [6.07, 6.45) is 4.08. The van der Waals surface area contributed by atoms with E-state index in [2.05, 4.69) is 72.6 Å². The van der Waals surface area contributed by atoms with E-state index in [9.17, 15) is 24.0 Å². The van der Waals surface area contributed by atoms with Crippen LogP contribution in [-0.2, 0) is 24.0 Å². The van der Waals surface area contributed by atoms with Crippen LogP contribution in [0.2, 0.25) is 0 Å². The van der Waals surface area contributed by atoms with Crippen molar-refractivity contribution in [3.8, 4) is 0 Å². The van der Waals surface area contributed by atoms with Crippen LogP contribution in [0.25, 0.3) is 0 Å². The van der Waals surface area contributed by atoms with Crippen molar-refractivity contribution in [2.45, 2.75) is 118 Å². The van der Waals surface area contributed by atoms with E-state index in [4.69, 9.17) is 5.73 Å². The Kier molecular flexibility index (Phi) is 10.6. The first-order valence-corrected chi connectivity index (χ1v) is 20.0. The zero-order valence-corrected chi connectivity index (χ0v) is 33.7. The van der Waals surface area contributed by atoms with Gasteiger partial charge in [-0.3, -0.25) is 28.9 Å². The summed E-state index contributed by atoms with van der Waals surface area (Å²) < 4.78 is 0. The number of ketones is 2. The zero-order valence-electron chi connectivity index (χ0n) is 33.7. The number of carbonyl (C=O) groups excluding carboxylic acids is 5. The summed E-state index contributed by atoms with van der Waals surface area (Å²) >= 11 is 0. The van der Waals surface area contributed by atoms with Gasteiger partial charge in [-0.25, -0.2) is 0 Å². The van der Waals surface area contributed by atoms with E-state index < -0.39 is 35.1 Å². The van der Waals surface area contributed by atoms with Crippen molar-refractivity contribution in [2.75, 3.05) is 19.6 Å². The van der Waals surface area contributed by atoms with Gasteiger partial charge in [0.1, 0.15) is 6.04 Å². The Morgan fingerprint density at radius 3 is 1.85 bits per heavy atom. The molecule has 0 bridgehead atoms. The van der Waals surface area contributed by atoms with E-state index in [1.165, 1.54) is 11.1 Å². The third kappa shape index (κ3) is 7.17. The Morgan fingerprint density at radius 1 is 0.833 bits per heavy atom. The number of primary amides is 1. The van der Waals surface area contributed by atoms with E-state index >= 15 is 0 Å². The minimum atomic E-state index is -1.01. The normalized spacial score (nSPS) is 24.5. The molecule has 2 aliphatic heterocycles. The number of nitrogens with two attached hydrogens (primary N) is 1. The first kappa shape index (κ1) is 39.8. The number of rotatable bonds is 13. The molecule has 2 spiro atoms. The van der Waals surface area contributed by atoms with Crippen LogP contribution in [0.15, 0.2) is 60.7 Å². The van der Waals surface area contributed by atoms with Gasteiger partial charge >= 0.3 is 0 Å². The van der Waals surface area contributed by atoms with Crippen LogP contribution in [0.4, 0.5) is 0 Å². The third-order valence-corrected chi connectivity index (χ3v) is 13.8. The van der Waals surface area contributed by atoms with Crippen molar-refractivity contribution in [2.24, 2.45) is 44.6 Å². The second-order valence-corrected chi connectivity index (χ2v) is 19.8. The molecule has 4 atom stereocenters. The molecule has 2 aromatic carbocycles. The summed E-state index contributed by atoms with van der Waals surface area (Å²) in [7, 11) is 0. The molecule has 292 valence electrons. The molecule has 0 aromatic heterocycles. The maximum absolute atomic E-state index is 15.0. The fourth-order valence-corrected chi connectivity index (χ4v) is 10.4. The number of hydrogen-bond acceptors (Lipinski definition) is 6. The summed E-state index contributed by atoms with van der Waals surface area (Å²) in [6, 6.07) is 19.5. The molecule has 3 N–H and O–H groups in total. The highest BCUT2D eigenvalue weighted by Crippen LogP contribution is 2.85. The Morgan fingerprint density at radius 2 is 1.39 bits per heavy atom. The second-order valence-electron chi connectivity index (χ2n) is 19.8. The van der Waals surface area contributed by atoms with E-state index in [1.807, 2.05) is 53.7 Å². The van der Waals surface area contributed by atoms with Crippen molar-refractivity contribution in [3.63, 3.8) is 0 Å². The molecule has 2 aromatic rings. The molecule has 1 unspecified atom stereocenters. The van der Waals surface area contributed by atoms with Crippen LogP contribution in [-0.4, -0.2) is 70.8 Å². The molecule has 0 radical (unpaired) electrons. The smallest absolute Gasteiger partial charge is 0.285 e. The molecule has 2 saturated carbocycles. The fourth-order valence-electron chi connectivity index (χ4n) is 10.4. The average Bonchev–Trinajstić information content (AvgIpc) is 3.29. The highest BCUT2D eigenvalue weighted by atomic mass is 16.2. The number of Topliss-reactive ketones (excluding diaryl/α,β-unsaturated/α-hetero) is 2. The summed E-state index contributed by atoms with van der Waals surface area (Å²) in [6.45, 7) is 18.4. The van der Waals surface area contributed by atoms with E-state index in [0.717, 1.165) is 32.4 Å². The molecule has 9 heteroatoms. The average molecular weight is 739 g/mol. The predicted octanol–water partition coefficient (Wildman–Crippen LogP) is 6.49. The molecular weight excluding hydrogens is 677 g/mol. The SMILES string of the molecule is CC(C)(C)CC(=O)N[C@H](C(=O)N1C[C@@]2(C[C@H]1C(=O)CC(CC1CCC1)C(=O)C(N)=O)C(C)(C)C21CN(C(c2ccccc2)c2ccccc2)C1)C(C)(C)C. The maximum Gasteiger partial charge on any atom is 0.285 e. The van der Waals surface area contributed by atoms with Crippen LogP contribution < -0.4 is 11.1 Å².